The highest BCUT2D eigenvalue weighted by Gasteiger charge is 2.22. The Balaban J connectivity index is 2.36. The summed E-state index contributed by atoms with van der Waals surface area (Å²) in [7, 11) is -2.32. The van der Waals surface area contributed by atoms with Gasteiger partial charge in [-0.05, 0) is 36.4 Å². The van der Waals surface area contributed by atoms with Gasteiger partial charge in [-0.3, -0.25) is 14.4 Å². The molecule has 0 aromatic heterocycles. The standard InChI is InChI=1S/C13H11BrN2O4S/c1-15(11-4-2-10(14)3-5-11)21(19,20)13-8-6-12(7-9-13)16(17)18/h2-9H,1H3. The average molecular weight is 371 g/mol. The maximum absolute atomic E-state index is 12.4. The largest absolute Gasteiger partial charge is 0.269 e. The van der Waals surface area contributed by atoms with Crippen LogP contribution in [0.4, 0.5) is 11.4 Å². The predicted molar refractivity (Wildman–Crippen MR) is 82.8 cm³/mol. The van der Waals surface area contributed by atoms with Gasteiger partial charge in [-0.1, -0.05) is 15.9 Å². The molecule has 0 amide bonds. The van der Waals surface area contributed by atoms with E-state index >= 15 is 0 Å². The summed E-state index contributed by atoms with van der Waals surface area (Å²) < 4.78 is 26.9. The van der Waals surface area contributed by atoms with E-state index in [1.807, 2.05) is 0 Å². The van der Waals surface area contributed by atoms with E-state index in [4.69, 9.17) is 0 Å². The van der Waals surface area contributed by atoms with Gasteiger partial charge < -0.3 is 0 Å². The van der Waals surface area contributed by atoms with E-state index in [1.54, 1.807) is 24.3 Å². The van der Waals surface area contributed by atoms with E-state index < -0.39 is 14.9 Å². The van der Waals surface area contributed by atoms with Crippen LogP contribution in [0.25, 0.3) is 0 Å². The van der Waals surface area contributed by atoms with Crippen LogP contribution in [0.3, 0.4) is 0 Å². The molecular formula is C13H11BrN2O4S. The number of benzene rings is 2. The zero-order chi connectivity index (χ0) is 15.6. The molecule has 6 nitrogen and oxygen atoms in total. The lowest BCUT2D eigenvalue weighted by atomic mass is 10.3. The summed E-state index contributed by atoms with van der Waals surface area (Å²) in [5, 5.41) is 10.6. The van der Waals surface area contributed by atoms with Gasteiger partial charge >= 0.3 is 0 Å². The van der Waals surface area contributed by atoms with Crippen LogP contribution < -0.4 is 4.31 Å². The number of halogens is 1. The highest BCUT2D eigenvalue weighted by Crippen LogP contribution is 2.24. The third-order valence-corrected chi connectivity index (χ3v) is 5.22. The lowest BCUT2D eigenvalue weighted by molar-refractivity contribution is -0.384. The Morgan fingerprint density at radius 2 is 1.57 bits per heavy atom. The fraction of sp³-hybridized carbons (Fsp3) is 0.0769. The molecule has 8 heteroatoms. The Kier molecular flexibility index (Phi) is 4.29. The summed E-state index contributed by atoms with van der Waals surface area (Å²) in [4.78, 5) is 10.0. The molecule has 0 fully saturated rings. The number of hydrogen-bond acceptors (Lipinski definition) is 4. The molecule has 2 aromatic carbocycles. The minimum absolute atomic E-state index is 0.00137. The smallest absolute Gasteiger partial charge is 0.269 e. The van der Waals surface area contributed by atoms with Crippen molar-refractivity contribution in [2.45, 2.75) is 4.90 Å². The molecule has 110 valence electrons. The molecule has 0 unspecified atom stereocenters. The molecule has 2 rings (SSSR count). The molecule has 0 atom stereocenters. The number of sulfonamides is 1. The molecule has 2 aromatic rings. The third-order valence-electron chi connectivity index (χ3n) is 2.90. The van der Waals surface area contributed by atoms with E-state index in [-0.39, 0.29) is 10.6 Å². The van der Waals surface area contributed by atoms with Crippen molar-refractivity contribution in [3.05, 3.63) is 63.1 Å². The summed E-state index contributed by atoms with van der Waals surface area (Å²) in [6.07, 6.45) is 0. The average Bonchev–Trinajstić information content (AvgIpc) is 2.47. The van der Waals surface area contributed by atoms with Gasteiger partial charge in [-0.15, -0.1) is 0 Å². The topological polar surface area (TPSA) is 80.5 Å². The molecule has 0 heterocycles. The summed E-state index contributed by atoms with van der Waals surface area (Å²) >= 11 is 3.28. The molecule has 0 aliphatic heterocycles. The summed E-state index contributed by atoms with van der Waals surface area (Å²) in [5.74, 6) is 0. The molecular weight excluding hydrogens is 360 g/mol. The lowest BCUT2D eigenvalue weighted by Gasteiger charge is -2.19. The molecule has 0 radical (unpaired) electrons. The van der Waals surface area contributed by atoms with Gasteiger partial charge in [0.1, 0.15) is 0 Å². The van der Waals surface area contributed by atoms with E-state index in [0.717, 1.165) is 8.78 Å². The number of hydrogen-bond donors (Lipinski definition) is 0. The highest BCUT2D eigenvalue weighted by molar-refractivity contribution is 9.10. The fourth-order valence-electron chi connectivity index (χ4n) is 1.69. The van der Waals surface area contributed by atoms with Crippen molar-refractivity contribution < 1.29 is 13.3 Å². The van der Waals surface area contributed by atoms with Gasteiger partial charge in [0.2, 0.25) is 0 Å². The number of nitro groups is 1. The van der Waals surface area contributed by atoms with Crippen LogP contribution >= 0.6 is 15.9 Å². The zero-order valence-corrected chi connectivity index (χ0v) is 13.3. The van der Waals surface area contributed by atoms with Crippen molar-refractivity contribution in [3.8, 4) is 0 Å². The van der Waals surface area contributed by atoms with Gasteiger partial charge in [-0.2, -0.15) is 0 Å². The normalized spacial score (nSPS) is 11.1. The van der Waals surface area contributed by atoms with Crippen molar-refractivity contribution in [3.63, 3.8) is 0 Å². The van der Waals surface area contributed by atoms with Gasteiger partial charge in [0, 0.05) is 23.7 Å². The SMILES string of the molecule is CN(c1ccc(Br)cc1)S(=O)(=O)c1ccc([N+](=O)[O-])cc1. The summed E-state index contributed by atoms with van der Waals surface area (Å²) in [5.41, 5.74) is 0.344. The highest BCUT2D eigenvalue weighted by atomic mass is 79.9. The monoisotopic (exact) mass is 370 g/mol. The van der Waals surface area contributed by atoms with Gasteiger partial charge in [0.05, 0.1) is 15.5 Å². The van der Waals surface area contributed by atoms with E-state index in [2.05, 4.69) is 15.9 Å². The maximum atomic E-state index is 12.4. The quantitative estimate of drug-likeness (QED) is 0.611. The number of nitrogens with zero attached hydrogens (tertiary/aromatic N) is 2. The number of rotatable bonds is 4. The van der Waals surface area contributed by atoms with E-state index in [1.165, 1.54) is 31.3 Å². The molecule has 0 spiro atoms. The molecule has 0 bridgehead atoms. The Labute approximate surface area is 130 Å². The van der Waals surface area contributed by atoms with Crippen LogP contribution in [0, 0.1) is 10.1 Å². The Hall–Kier alpha value is -1.93. The van der Waals surface area contributed by atoms with Crippen molar-refractivity contribution in [1.82, 2.24) is 0 Å². The number of anilines is 1. The second kappa shape index (κ2) is 5.82. The second-order valence-corrected chi connectivity index (χ2v) is 7.08. The molecule has 0 saturated heterocycles. The zero-order valence-electron chi connectivity index (χ0n) is 10.9. The van der Waals surface area contributed by atoms with Crippen LogP contribution in [0.15, 0.2) is 57.9 Å². The van der Waals surface area contributed by atoms with E-state index in [0.29, 0.717) is 5.69 Å². The first-order valence-electron chi connectivity index (χ1n) is 5.81. The van der Waals surface area contributed by atoms with Crippen LogP contribution in [0.2, 0.25) is 0 Å². The maximum Gasteiger partial charge on any atom is 0.269 e. The van der Waals surface area contributed by atoms with Crippen molar-refractivity contribution in [2.24, 2.45) is 0 Å². The summed E-state index contributed by atoms with van der Waals surface area (Å²) in [6, 6.07) is 11.6. The molecule has 0 saturated carbocycles. The van der Waals surface area contributed by atoms with Crippen molar-refractivity contribution in [1.29, 1.82) is 0 Å². The first-order chi connectivity index (χ1) is 9.82. The number of non-ortho nitro benzene ring substituents is 1. The fourth-order valence-corrected chi connectivity index (χ4v) is 3.15. The van der Waals surface area contributed by atoms with Crippen LogP contribution in [-0.2, 0) is 10.0 Å². The van der Waals surface area contributed by atoms with Crippen molar-refractivity contribution in [2.75, 3.05) is 11.4 Å². The second-order valence-electron chi connectivity index (χ2n) is 4.20. The third kappa shape index (κ3) is 3.22. The van der Waals surface area contributed by atoms with Crippen LogP contribution in [-0.4, -0.2) is 20.4 Å². The van der Waals surface area contributed by atoms with Gasteiger partial charge in [0.25, 0.3) is 15.7 Å². The Morgan fingerprint density at radius 3 is 2.05 bits per heavy atom. The first kappa shape index (κ1) is 15.5. The molecule has 21 heavy (non-hydrogen) atoms. The Morgan fingerprint density at radius 1 is 1.05 bits per heavy atom. The molecule has 0 aliphatic rings. The predicted octanol–water partition coefficient (Wildman–Crippen LogP) is 3.18. The summed E-state index contributed by atoms with van der Waals surface area (Å²) in [6.45, 7) is 0. The first-order valence-corrected chi connectivity index (χ1v) is 8.04. The van der Waals surface area contributed by atoms with Crippen LogP contribution in [0.1, 0.15) is 0 Å². The number of nitro benzene ring substituents is 1. The van der Waals surface area contributed by atoms with Gasteiger partial charge in [0.15, 0.2) is 0 Å². The van der Waals surface area contributed by atoms with Gasteiger partial charge in [-0.25, -0.2) is 8.42 Å². The minimum Gasteiger partial charge on any atom is -0.269 e. The molecule has 0 aliphatic carbocycles. The molecule has 0 N–H and O–H groups in total. The Bertz CT molecular complexity index is 758. The minimum atomic E-state index is -3.75. The van der Waals surface area contributed by atoms with Crippen LogP contribution in [0.5, 0.6) is 0 Å². The lowest BCUT2D eigenvalue weighted by Crippen LogP contribution is -2.26. The van der Waals surface area contributed by atoms with E-state index in [9.17, 15) is 18.5 Å². The van der Waals surface area contributed by atoms with Crippen molar-refractivity contribution >= 4 is 37.3 Å².